The summed E-state index contributed by atoms with van der Waals surface area (Å²) in [5, 5.41) is 2.17. The predicted molar refractivity (Wildman–Crippen MR) is 114 cm³/mol. The van der Waals surface area contributed by atoms with Crippen LogP contribution in [0.2, 0.25) is 0 Å². The van der Waals surface area contributed by atoms with E-state index in [0.29, 0.717) is 11.3 Å². The summed E-state index contributed by atoms with van der Waals surface area (Å²) in [7, 11) is 0. The number of hydrogen-bond donors (Lipinski definition) is 1. The molecule has 2 heterocycles. The fourth-order valence-corrected chi connectivity index (χ4v) is 3.22. The standard InChI is InChI=1S/C22H14N3O.C2H6.W/c1-2-6-18-13-24-22(25-18)21(26)16-9-5-8-15(11-16)20-14-23-12-17-7-3-4-10-19(17)20;1-2;/h1-12,14H,(H,24,25);1-2H3;/q-1;;. The average Bonchev–Trinajstić information content (AvgIpc) is 3.27. The Morgan fingerprint density at radius 2 is 1.93 bits per heavy atom. The third-order valence-electron chi connectivity index (χ3n) is 4.20. The van der Waals surface area contributed by atoms with Crippen LogP contribution in [0.3, 0.4) is 0 Å². The molecule has 144 valence electrons. The topological polar surface area (TPSA) is 58.6 Å². The Kier molecular flexibility index (Phi) is 7.15. The van der Waals surface area contributed by atoms with Crippen molar-refractivity contribution >= 4 is 27.0 Å². The monoisotopic (exact) mass is 550 g/mol. The van der Waals surface area contributed by atoms with Crippen molar-refractivity contribution < 1.29 is 24.1 Å². The molecule has 0 aliphatic heterocycles. The van der Waals surface area contributed by atoms with E-state index in [1.165, 1.54) is 19.4 Å². The van der Waals surface area contributed by atoms with Crippen LogP contribution >= 0.6 is 0 Å². The van der Waals surface area contributed by atoms with Crippen LogP contribution in [0.4, 0.5) is 0 Å². The summed E-state index contributed by atoms with van der Waals surface area (Å²) in [6.07, 6.45) is 10.3. The van der Waals surface area contributed by atoms with Gasteiger partial charge in [-0.15, -0.1) is 0 Å². The van der Waals surface area contributed by atoms with Crippen molar-refractivity contribution in [2.24, 2.45) is 0 Å². The number of nitrogens with zero attached hydrogens (tertiary/aromatic N) is 2. The van der Waals surface area contributed by atoms with E-state index in [1.807, 2.05) is 79.2 Å². The van der Waals surface area contributed by atoms with Gasteiger partial charge in [0.25, 0.3) is 0 Å². The number of pyridine rings is 1. The van der Waals surface area contributed by atoms with Crippen molar-refractivity contribution in [3.05, 3.63) is 90.3 Å². The van der Waals surface area contributed by atoms with Gasteiger partial charge in [-0.2, -0.15) is 0 Å². The molecule has 0 aliphatic carbocycles. The van der Waals surface area contributed by atoms with Gasteiger partial charge in [-0.25, -0.2) is 0 Å². The Balaban J connectivity index is 0.00000117. The molecule has 5 heteroatoms. The number of hydrogen-bond acceptors (Lipinski definition) is 3. The van der Waals surface area contributed by atoms with E-state index in [9.17, 15) is 4.79 Å². The number of rotatable bonds is 5. The third kappa shape index (κ3) is 4.72. The second kappa shape index (κ2) is 9.99. The van der Waals surface area contributed by atoms with E-state index in [2.05, 4.69) is 27.2 Å². The molecule has 0 radical (unpaired) electrons. The number of allylic oxidation sites excluding steroid dienone is 1. The summed E-state index contributed by atoms with van der Waals surface area (Å²) in [4.78, 5) is 24.3. The van der Waals surface area contributed by atoms with Crippen molar-refractivity contribution in [2.75, 3.05) is 0 Å². The first-order valence-electron chi connectivity index (χ1n) is 9.33. The maximum absolute atomic E-state index is 12.8. The van der Waals surface area contributed by atoms with Crippen molar-refractivity contribution in [1.82, 2.24) is 15.0 Å². The molecular weight excluding hydrogens is 530 g/mol. The Labute approximate surface area is 181 Å². The molecule has 2 aromatic carbocycles. The van der Waals surface area contributed by atoms with Gasteiger partial charge < -0.3 is 0 Å². The van der Waals surface area contributed by atoms with E-state index in [0.717, 1.165) is 21.9 Å². The average molecular weight is 550 g/mol. The van der Waals surface area contributed by atoms with Crippen LogP contribution in [-0.2, 0) is 19.4 Å². The van der Waals surface area contributed by atoms with Gasteiger partial charge in [-0.1, -0.05) is 38.1 Å². The van der Waals surface area contributed by atoms with Crippen molar-refractivity contribution in [2.45, 2.75) is 13.8 Å². The molecule has 0 saturated heterocycles. The summed E-state index contributed by atoms with van der Waals surface area (Å²) in [6, 6.07) is 15.6. The molecule has 0 atom stereocenters. The fraction of sp³-hybridized carbons (Fsp3) is 0.0833. The number of fused-ring (bicyclic) bond motifs is 1. The van der Waals surface area contributed by atoms with E-state index in [-0.39, 0.29) is 11.6 Å². The van der Waals surface area contributed by atoms with Gasteiger partial charge in [0.05, 0.1) is 0 Å². The predicted octanol–water partition coefficient (Wildman–Crippen LogP) is 5.04. The number of ketones is 1. The first-order chi connectivity index (χ1) is 14.3. The Hall–Kier alpha value is -2.97. The molecule has 0 amide bonds. The zero-order valence-corrected chi connectivity index (χ0v) is 19.1. The van der Waals surface area contributed by atoms with Crippen LogP contribution in [0.15, 0.2) is 67.0 Å². The number of carbonyl (C=O) groups is 1. The molecule has 0 aliphatic rings. The number of aromatic amines is 1. The van der Waals surface area contributed by atoms with Gasteiger partial charge in [-0.05, 0) is 0 Å². The van der Waals surface area contributed by atoms with Crippen LogP contribution in [-0.4, -0.2) is 25.1 Å². The zero-order chi connectivity index (χ0) is 20.6. The van der Waals surface area contributed by atoms with Gasteiger partial charge in [0.1, 0.15) is 0 Å². The summed E-state index contributed by atoms with van der Waals surface area (Å²) in [5.41, 5.74) is 3.21. The van der Waals surface area contributed by atoms with E-state index in [4.69, 9.17) is 0 Å². The minimum atomic E-state index is -0.160. The number of benzene rings is 2. The van der Waals surface area contributed by atoms with E-state index in [1.54, 1.807) is 6.07 Å². The normalized spacial score (nSPS) is 10.6. The minimum absolute atomic E-state index is 0.160. The van der Waals surface area contributed by atoms with Crippen LogP contribution in [0, 0.1) is 6.20 Å². The quantitative estimate of drug-likeness (QED) is 0.280. The third-order valence-corrected chi connectivity index (χ3v) is 4.77. The first kappa shape index (κ1) is 20.8. The van der Waals surface area contributed by atoms with Crippen molar-refractivity contribution in [1.29, 1.82) is 0 Å². The molecule has 4 rings (SSSR count). The Morgan fingerprint density at radius 1 is 1.10 bits per heavy atom. The molecule has 4 aromatic rings. The summed E-state index contributed by atoms with van der Waals surface area (Å²) >= 11 is 1.36. The second-order valence-electron chi connectivity index (χ2n) is 5.92. The van der Waals surface area contributed by atoms with Crippen LogP contribution in [0.25, 0.3) is 28.0 Å². The molecule has 29 heavy (non-hydrogen) atoms. The summed E-state index contributed by atoms with van der Waals surface area (Å²) in [5.74, 6) is 0.123. The van der Waals surface area contributed by atoms with E-state index < -0.39 is 0 Å². The number of imidazole rings is 1. The van der Waals surface area contributed by atoms with Crippen LogP contribution < -0.4 is 0 Å². The number of carbonyl (C=O) groups excluding carboxylic acids is 1. The number of nitrogens with one attached hydrogen (secondary N) is 1. The molecule has 1 N–H and O–H groups in total. The van der Waals surface area contributed by atoms with Crippen LogP contribution in [0.1, 0.15) is 35.7 Å². The van der Waals surface area contributed by atoms with Gasteiger partial charge in [-0.3, -0.25) is 4.98 Å². The molecule has 0 saturated carbocycles. The molecule has 0 fully saturated rings. The van der Waals surface area contributed by atoms with Crippen LogP contribution in [0.5, 0.6) is 0 Å². The molecule has 0 spiro atoms. The van der Waals surface area contributed by atoms with Gasteiger partial charge >= 0.3 is 127 Å². The fourth-order valence-electron chi connectivity index (χ4n) is 2.93. The van der Waals surface area contributed by atoms with Crippen molar-refractivity contribution in [3.63, 3.8) is 0 Å². The SMILES string of the molecule is CC.O=C(c1cccc(-c2cncc3ccccc23)c1)c1n[c-]c(C=C[CH]=[W])[nH]1. The van der Waals surface area contributed by atoms with Crippen molar-refractivity contribution in [3.8, 4) is 11.1 Å². The molecule has 0 bridgehead atoms. The Morgan fingerprint density at radius 3 is 2.76 bits per heavy atom. The van der Waals surface area contributed by atoms with Gasteiger partial charge in [0.15, 0.2) is 0 Å². The number of aromatic nitrogens is 3. The molecular formula is C24H20N3OW-. The molecule has 4 nitrogen and oxygen atoms in total. The van der Waals surface area contributed by atoms with Gasteiger partial charge in [0.2, 0.25) is 0 Å². The number of H-pyrrole nitrogens is 1. The van der Waals surface area contributed by atoms with Gasteiger partial charge in [0, 0.05) is 11.6 Å². The first-order valence-corrected chi connectivity index (χ1v) is 11.0. The molecule has 2 aromatic heterocycles. The second-order valence-corrected chi connectivity index (χ2v) is 6.90. The summed E-state index contributed by atoms with van der Waals surface area (Å²) < 4.78 is 1.98. The molecule has 0 unspecified atom stereocenters. The Bertz CT molecular complexity index is 1170. The maximum atomic E-state index is 12.8. The van der Waals surface area contributed by atoms with E-state index >= 15 is 0 Å². The zero-order valence-electron chi connectivity index (χ0n) is 16.2. The summed E-state index contributed by atoms with van der Waals surface area (Å²) in [6.45, 7) is 4.00.